The predicted molar refractivity (Wildman–Crippen MR) is 92.9 cm³/mol. The van der Waals surface area contributed by atoms with Gasteiger partial charge in [-0.25, -0.2) is 4.79 Å². The number of carbonyl (C=O) groups excluding carboxylic acids is 1. The van der Waals surface area contributed by atoms with E-state index in [-0.39, 0.29) is 12.5 Å². The third-order valence-corrected chi connectivity index (χ3v) is 3.95. The van der Waals surface area contributed by atoms with Gasteiger partial charge in [-0.1, -0.05) is 37.2 Å². The molecule has 0 aliphatic carbocycles. The number of fused-ring (bicyclic) bond motifs is 1. The lowest BCUT2D eigenvalue weighted by Crippen LogP contribution is -2.26. The Morgan fingerprint density at radius 1 is 1.25 bits per heavy atom. The number of hydrogen-bond acceptors (Lipinski definition) is 5. The summed E-state index contributed by atoms with van der Waals surface area (Å²) in [4.78, 5) is 13.7. The molecule has 1 aromatic carbocycles. The van der Waals surface area contributed by atoms with Crippen LogP contribution >= 0.6 is 0 Å². The molecule has 0 fully saturated rings. The van der Waals surface area contributed by atoms with Crippen molar-refractivity contribution in [1.29, 1.82) is 0 Å². The molecule has 0 aliphatic heterocycles. The molecule has 130 valence electrons. The topological polar surface area (TPSA) is 79.4 Å². The van der Waals surface area contributed by atoms with Crippen LogP contribution in [-0.2, 0) is 11.3 Å². The van der Waals surface area contributed by atoms with Crippen LogP contribution in [0, 0.1) is 0 Å². The number of benzene rings is 1. The predicted octanol–water partition coefficient (Wildman–Crippen LogP) is 3.93. The Morgan fingerprint density at radius 3 is 2.62 bits per heavy atom. The van der Waals surface area contributed by atoms with E-state index >= 15 is 0 Å². The normalized spacial score (nSPS) is 11.7. The van der Waals surface area contributed by atoms with Crippen LogP contribution in [0.4, 0.5) is 10.5 Å². The number of carbonyl (C=O) groups is 1. The standard InChI is InChI=1S/C17H24N4O3/c1-4-20(5-2)11-12-21-14-10-8-7-9-13(14)15(16(21)22)18-19-17(23)24-6-3/h7-10,22H,4-6,11-12H2,1-3H3. The summed E-state index contributed by atoms with van der Waals surface area (Å²) in [6, 6.07) is 7.53. The van der Waals surface area contributed by atoms with E-state index in [1.165, 1.54) is 0 Å². The molecular weight excluding hydrogens is 308 g/mol. The second-order valence-electron chi connectivity index (χ2n) is 5.27. The van der Waals surface area contributed by atoms with Crippen molar-refractivity contribution in [1.82, 2.24) is 9.47 Å². The first kappa shape index (κ1) is 17.9. The first-order chi connectivity index (χ1) is 11.6. The van der Waals surface area contributed by atoms with Gasteiger partial charge in [-0.05, 0) is 26.1 Å². The van der Waals surface area contributed by atoms with Crippen molar-refractivity contribution in [3.8, 4) is 5.88 Å². The minimum atomic E-state index is -0.767. The molecule has 24 heavy (non-hydrogen) atoms. The highest BCUT2D eigenvalue weighted by atomic mass is 16.5. The third-order valence-electron chi connectivity index (χ3n) is 3.95. The van der Waals surface area contributed by atoms with Crippen molar-refractivity contribution in [2.45, 2.75) is 27.3 Å². The van der Waals surface area contributed by atoms with E-state index in [1.807, 2.05) is 24.3 Å². The van der Waals surface area contributed by atoms with Gasteiger partial charge in [0.25, 0.3) is 0 Å². The minimum absolute atomic E-state index is 0.0106. The van der Waals surface area contributed by atoms with Crippen molar-refractivity contribution < 1.29 is 14.6 Å². The highest BCUT2D eigenvalue weighted by Gasteiger charge is 2.17. The number of aromatic nitrogens is 1. The fourth-order valence-electron chi connectivity index (χ4n) is 2.62. The Hall–Kier alpha value is -2.41. The number of rotatable bonds is 7. The molecular formula is C17H24N4O3. The maximum absolute atomic E-state index is 11.4. The second-order valence-corrected chi connectivity index (χ2v) is 5.27. The van der Waals surface area contributed by atoms with Gasteiger partial charge in [0.15, 0.2) is 5.69 Å². The lowest BCUT2D eigenvalue weighted by Gasteiger charge is -2.18. The zero-order chi connectivity index (χ0) is 17.5. The summed E-state index contributed by atoms with van der Waals surface area (Å²) in [5, 5.41) is 18.7. The Morgan fingerprint density at radius 2 is 1.96 bits per heavy atom. The molecule has 1 amide bonds. The van der Waals surface area contributed by atoms with Gasteiger partial charge >= 0.3 is 6.09 Å². The van der Waals surface area contributed by atoms with Gasteiger partial charge in [0.05, 0.1) is 12.1 Å². The quantitative estimate of drug-likeness (QED) is 0.779. The molecule has 7 nitrogen and oxygen atoms in total. The summed E-state index contributed by atoms with van der Waals surface area (Å²) >= 11 is 0. The molecule has 0 radical (unpaired) electrons. The zero-order valence-corrected chi connectivity index (χ0v) is 14.4. The first-order valence-corrected chi connectivity index (χ1v) is 8.23. The van der Waals surface area contributed by atoms with Gasteiger partial charge < -0.3 is 19.3 Å². The molecule has 1 aromatic heterocycles. The molecule has 1 N–H and O–H groups in total. The summed E-state index contributed by atoms with van der Waals surface area (Å²) in [7, 11) is 0. The fraction of sp³-hybridized carbons (Fsp3) is 0.471. The summed E-state index contributed by atoms with van der Waals surface area (Å²) in [6.45, 7) is 9.49. The zero-order valence-electron chi connectivity index (χ0n) is 14.4. The van der Waals surface area contributed by atoms with Crippen LogP contribution in [0.5, 0.6) is 5.88 Å². The number of para-hydroxylation sites is 1. The van der Waals surface area contributed by atoms with Gasteiger partial charge in [0, 0.05) is 18.5 Å². The van der Waals surface area contributed by atoms with E-state index < -0.39 is 6.09 Å². The first-order valence-electron chi connectivity index (χ1n) is 8.23. The average molecular weight is 332 g/mol. The highest BCUT2D eigenvalue weighted by molar-refractivity contribution is 5.95. The molecule has 0 saturated heterocycles. The molecule has 2 rings (SSSR count). The van der Waals surface area contributed by atoms with Crippen molar-refractivity contribution in [2.75, 3.05) is 26.2 Å². The number of amides is 1. The maximum atomic E-state index is 11.4. The molecule has 2 aromatic rings. The Labute approximate surface area is 141 Å². The van der Waals surface area contributed by atoms with Crippen molar-refractivity contribution in [2.24, 2.45) is 10.2 Å². The van der Waals surface area contributed by atoms with Crippen LogP contribution in [0.3, 0.4) is 0 Å². The fourth-order valence-corrected chi connectivity index (χ4v) is 2.62. The number of nitrogens with zero attached hydrogens (tertiary/aromatic N) is 4. The van der Waals surface area contributed by atoms with Crippen LogP contribution in [-0.4, -0.2) is 46.9 Å². The molecule has 0 unspecified atom stereocenters. The van der Waals surface area contributed by atoms with Gasteiger partial charge in [-0.3, -0.25) is 0 Å². The lowest BCUT2D eigenvalue weighted by molar-refractivity contribution is 0.162. The largest absolute Gasteiger partial charge is 0.493 e. The van der Waals surface area contributed by atoms with E-state index in [1.54, 1.807) is 11.5 Å². The Balaban J connectivity index is 2.35. The third kappa shape index (κ3) is 3.91. The summed E-state index contributed by atoms with van der Waals surface area (Å²) in [5.74, 6) is 0.0106. The maximum Gasteiger partial charge on any atom is 0.452 e. The molecule has 0 spiro atoms. The van der Waals surface area contributed by atoms with Gasteiger partial charge in [0.2, 0.25) is 5.88 Å². The highest BCUT2D eigenvalue weighted by Crippen LogP contribution is 2.38. The number of azo groups is 1. The van der Waals surface area contributed by atoms with Gasteiger partial charge in [-0.2, -0.15) is 0 Å². The number of hydrogen-bond donors (Lipinski definition) is 1. The van der Waals surface area contributed by atoms with Crippen LogP contribution in [0.25, 0.3) is 10.9 Å². The number of ether oxygens (including phenoxy) is 1. The van der Waals surface area contributed by atoms with Crippen LogP contribution in [0.2, 0.25) is 0 Å². The van der Waals surface area contributed by atoms with Crippen LogP contribution < -0.4 is 0 Å². The van der Waals surface area contributed by atoms with Crippen LogP contribution in [0.1, 0.15) is 20.8 Å². The molecule has 0 bridgehead atoms. The molecule has 7 heteroatoms. The monoisotopic (exact) mass is 332 g/mol. The lowest BCUT2D eigenvalue weighted by atomic mass is 10.2. The SMILES string of the molecule is CCOC(=O)N=Nc1c(O)n(CCN(CC)CC)c2ccccc12. The summed E-state index contributed by atoms with van der Waals surface area (Å²) in [5.41, 5.74) is 1.15. The summed E-state index contributed by atoms with van der Waals surface area (Å²) in [6.07, 6.45) is -0.767. The van der Waals surface area contributed by atoms with Crippen molar-refractivity contribution in [3.05, 3.63) is 24.3 Å². The molecule has 0 atom stereocenters. The number of likely N-dealkylation sites (N-methyl/N-ethyl adjacent to an activating group) is 1. The van der Waals surface area contributed by atoms with Gasteiger partial charge in [-0.15, -0.1) is 5.11 Å². The van der Waals surface area contributed by atoms with Crippen molar-refractivity contribution in [3.63, 3.8) is 0 Å². The van der Waals surface area contributed by atoms with E-state index in [9.17, 15) is 9.90 Å². The minimum Gasteiger partial charge on any atom is -0.493 e. The molecule has 0 aliphatic rings. The van der Waals surface area contributed by atoms with Crippen molar-refractivity contribution >= 4 is 22.7 Å². The Bertz CT molecular complexity index is 720. The van der Waals surface area contributed by atoms with Crippen LogP contribution in [0.15, 0.2) is 34.5 Å². The molecule has 0 saturated carbocycles. The Kier molecular flexibility index (Phi) is 6.31. The number of aromatic hydroxyl groups is 1. The smallest absolute Gasteiger partial charge is 0.452 e. The van der Waals surface area contributed by atoms with E-state index in [2.05, 4.69) is 29.0 Å². The summed E-state index contributed by atoms with van der Waals surface area (Å²) < 4.78 is 6.53. The van der Waals surface area contributed by atoms with E-state index in [0.717, 1.165) is 30.5 Å². The second kappa shape index (κ2) is 8.44. The molecule has 1 heterocycles. The average Bonchev–Trinajstić information content (AvgIpc) is 2.86. The van der Waals surface area contributed by atoms with E-state index in [0.29, 0.717) is 12.2 Å². The van der Waals surface area contributed by atoms with E-state index in [4.69, 9.17) is 4.74 Å². The van der Waals surface area contributed by atoms with Gasteiger partial charge in [0.1, 0.15) is 0 Å².